The lowest BCUT2D eigenvalue weighted by molar-refractivity contribution is -0.118. The van der Waals surface area contributed by atoms with E-state index in [0.29, 0.717) is 19.6 Å². The molecule has 0 fully saturated rings. The number of carbonyl (C=O) groups is 1. The molecule has 1 aromatic rings. The highest BCUT2D eigenvalue weighted by Gasteiger charge is 2.28. The van der Waals surface area contributed by atoms with Gasteiger partial charge >= 0.3 is 0 Å². The summed E-state index contributed by atoms with van der Waals surface area (Å²) in [4.78, 5) is 14.2. The van der Waals surface area contributed by atoms with Gasteiger partial charge in [-0.1, -0.05) is 18.2 Å². The highest BCUT2D eigenvalue weighted by atomic mass is 32.2. The zero-order valence-electron chi connectivity index (χ0n) is 13.0. The maximum Gasteiger partial charge on any atom is 0.242 e. The van der Waals surface area contributed by atoms with Gasteiger partial charge in [0.05, 0.1) is 12.8 Å². The van der Waals surface area contributed by atoms with Crippen LogP contribution in [0.5, 0.6) is 0 Å². The second-order valence-electron chi connectivity index (χ2n) is 5.37. The van der Waals surface area contributed by atoms with Crippen molar-refractivity contribution in [1.82, 2.24) is 4.31 Å². The van der Waals surface area contributed by atoms with Crippen molar-refractivity contribution < 1.29 is 17.9 Å². The summed E-state index contributed by atoms with van der Waals surface area (Å²) in [6, 6.07) is 7.73. The lowest BCUT2D eigenvalue weighted by Crippen LogP contribution is -2.42. The topological polar surface area (TPSA) is 66.9 Å². The molecule has 1 aliphatic heterocycles. The van der Waals surface area contributed by atoms with Crippen LogP contribution in [0.4, 0.5) is 5.69 Å². The van der Waals surface area contributed by atoms with E-state index in [1.54, 1.807) is 12.0 Å². The summed E-state index contributed by atoms with van der Waals surface area (Å²) in [7, 11) is -1.85. The van der Waals surface area contributed by atoms with E-state index in [2.05, 4.69) is 0 Å². The maximum atomic E-state index is 12.5. The smallest absolute Gasteiger partial charge is 0.242 e. The predicted octanol–water partition coefficient (Wildman–Crippen LogP) is 0.874. The molecule has 22 heavy (non-hydrogen) atoms. The molecule has 0 spiro atoms. The largest absolute Gasteiger partial charge is 0.385 e. The van der Waals surface area contributed by atoms with E-state index in [9.17, 15) is 13.2 Å². The van der Waals surface area contributed by atoms with Crippen LogP contribution in [0.2, 0.25) is 0 Å². The van der Waals surface area contributed by atoms with Crippen LogP contribution in [0.15, 0.2) is 24.3 Å². The summed E-state index contributed by atoms with van der Waals surface area (Å²) in [6.07, 6.45) is 2.50. The molecule has 1 aromatic carbocycles. The highest BCUT2D eigenvalue weighted by Crippen LogP contribution is 2.27. The Bertz CT molecular complexity index is 630. The van der Waals surface area contributed by atoms with E-state index >= 15 is 0 Å². The Hall–Kier alpha value is -1.44. The molecule has 1 aliphatic rings. The van der Waals surface area contributed by atoms with Gasteiger partial charge in [0, 0.05) is 32.5 Å². The molecule has 0 radical (unpaired) electrons. The fourth-order valence-corrected chi connectivity index (χ4v) is 3.39. The number of rotatable bonds is 7. The summed E-state index contributed by atoms with van der Waals surface area (Å²) in [5.74, 6) is -0.187. The van der Waals surface area contributed by atoms with E-state index in [1.807, 2.05) is 24.3 Å². The second-order valence-corrected chi connectivity index (χ2v) is 7.35. The van der Waals surface area contributed by atoms with Crippen LogP contribution < -0.4 is 4.90 Å². The first-order valence-electron chi connectivity index (χ1n) is 7.26. The third-order valence-electron chi connectivity index (χ3n) is 3.72. The first kappa shape index (κ1) is 16.9. The fourth-order valence-electron chi connectivity index (χ4n) is 2.58. The number of para-hydroxylation sites is 1. The predicted molar refractivity (Wildman–Crippen MR) is 85.4 cm³/mol. The number of anilines is 1. The molecule has 0 atom stereocenters. The zero-order valence-corrected chi connectivity index (χ0v) is 13.8. The van der Waals surface area contributed by atoms with Crippen molar-refractivity contribution in [3.63, 3.8) is 0 Å². The Labute approximate surface area is 131 Å². The molecular formula is C15H22N2O4S. The van der Waals surface area contributed by atoms with Crippen molar-refractivity contribution in [3.05, 3.63) is 29.8 Å². The SMILES string of the molecule is COCCCN(CC(=O)N1CCc2ccccc21)S(C)(=O)=O. The second kappa shape index (κ2) is 7.21. The van der Waals surface area contributed by atoms with Gasteiger partial charge in [0.2, 0.25) is 15.9 Å². The van der Waals surface area contributed by atoms with Crippen LogP contribution in [0, 0.1) is 0 Å². The van der Waals surface area contributed by atoms with E-state index in [-0.39, 0.29) is 19.0 Å². The minimum atomic E-state index is -3.42. The summed E-state index contributed by atoms with van der Waals surface area (Å²) >= 11 is 0. The summed E-state index contributed by atoms with van der Waals surface area (Å²) in [6.45, 7) is 1.23. The molecule has 122 valence electrons. The number of ether oxygens (including phenoxy) is 1. The molecule has 6 nitrogen and oxygen atoms in total. The zero-order chi connectivity index (χ0) is 16.2. The molecule has 0 aliphatic carbocycles. The van der Waals surface area contributed by atoms with E-state index in [0.717, 1.165) is 23.9 Å². The van der Waals surface area contributed by atoms with Crippen LogP contribution in [0.25, 0.3) is 0 Å². The Morgan fingerprint density at radius 2 is 2.09 bits per heavy atom. The molecule has 0 aromatic heterocycles. The molecule has 0 saturated carbocycles. The van der Waals surface area contributed by atoms with Crippen molar-refractivity contribution in [2.24, 2.45) is 0 Å². The number of hydrogen-bond acceptors (Lipinski definition) is 4. The van der Waals surface area contributed by atoms with Gasteiger partial charge in [-0.15, -0.1) is 0 Å². The number of sulfonamides is 1. The quantitative estimate of drug-likeness (QED) is 0.698. The van der Waals surface area contributed by atoms with Crippen LogP contribution >= 0.6 is 0 Å². The summed E-state index contributed by atoms with van der Waals surface area (Å²) in [5.41, 5.74) is 2.01. The van der Waals surface area contributed by atoms with Crippen molar-refractivity contribution in [2.45, 2.75) is 12.8 Å². The first-order chi connectivity index (χ1) is 10.4. The Morgan fingerprint density at radius 1 is 1.36 bits per heavy atom. The Kier molecular flexibility index (Phi) is 5.55. The number of carbonyl (C=O) groups excluding carboxylic acids is 1. The van der Waals surface area contributed by atoms with Gasteiger partial charge < -0.3 is 9.64 Å². The Morgan fingerprint density at radius 3 is 2.77 bits per heavy atom. The van der Waals surface area contributed by atoms with Crippen LogP contribution in [-0.2, 0) is 26.0 Å². The molecular weight excluding hydrogens is 304 g/mol. The summed E-state index contributed by atoms with van der Waals surface area (Å²) < 4.78 is 29.8. The highest BCUT2D eigenvalue weighted by molar-refractivity contribution is 7.88. The third kappa shape index (κ3) is 4.06. The minimum absolute atomic E-state index is 0.128. The molecule has 1 amide bonds. The normalized spacial score (nSPS) is 14.4. The molecule has 0 bridgehead atoms. The van der Waals surface area contributed by atoms with Gasteiger partial charge in [-0.25, -0.2) is 8.42 Å². The van der Waals surface area contributed by atoms with Gasteiger partial charge in [-0.3, -0.25) is 4.79 Å². The van der Waals surface area contributed by atoms with Gasteiger partial charge in [0.15, 0.2) is 0 Å². The molecule has 1 heterocycles. The van der Waals surface area contributed by atoms with Crippen LogP contribution in [-0.4, -0.2) is 58.2 Å². The average molecular weight is 326 g/mol. The lowest BCUT2D eigenvalue weighted by Gasteiger charge is -2.23. The fraction of sp³-hybridized carbons (Fsp3) is 0.533. The average Bonchev–Trinajstić information content (AvgIpc) is 2.89. The Balaban J connectivity index is 2.06. The van der Waals surface area contributed by atoms with Crippen LogP contribution in [0.1, 0.15) is 12.0 Å². The van der Waals surface area contributed by atoms with Crippen LogP contribution in [0.3, 0.4) is 0 Å². The van der Waals surface area contributed by atoms with Crippen molar-refractivity contribution >= 4 is 21.6 Å². The van der Waals surface area contributed by atoms with E-state index in [4.69, 9.17) is 4.74 Å². The molecule has 0 saturated heterocycles. The third-order valence-corrected chi connectivity index (χ3v) is 4.97. The van der Waals surface area contributed by atoms with E-state index < -0.39 is 10.0 Å². The van der Waals surface area contributed by atoms with E-state index in [1.165, 1.54) is 4.31 Å². The minimum Gasteiger partial charge on any atom is -0.385 e. The van der Waals surface area contributed by atoms with Crippen molar-refractivity contribution in [3.8, 4) is 0 Å². The number of nitrogens with zero attached hydrogens (tertiary/aromatic N) is 2. The monoisotopic (exact) mass is 326 g/mol. The number of amides is 1. The van der Waals surface area contributed by atoms with Gasteiger partial charge in [0.25, 0.3) is 0 Å². The number of methoxy groups -OCH3 is 1. The number of fused-ring (bicyclic) bond motifs is 1. The maximum absolute atomic E-state index is 12.5. The lowest BCUT2D eigenvalue weighted by atomic mass is 10.2. The van der Waals surface area contributed by atoms with Gasteiger partial charge in [-0.05, 0) is 24.5 Å². The first-order valence-corrected chi connectivity index (χ1v) is 9.10. The molecule has 0 unspecified atom stereocenters. The molecule has 0 N–H and O–H groups in total. The van der Waals surface area contributed by atoms with Crippen molar-refractivity contribution in [1.29, 1.82) is 0 Å². The molecule has 2 rings (SSSR count). The molecule has 7 heteroatoms. The van der Waals surface area contributed by atoms with Gasteiger partial charge in [0.1, 0.15) is 0 Å². The summed E-state index contributed by atoms with van der Waals surface area (Å²) in [5, 5.41) is 0. The number of hydrogen-bond donors (Lipinski definition) is 0. The van der Waals surface area contributed by atoms with Gasteiger partial charge in [-0.2, -0.15) is 4.31 Å². The standard InChI is InChI=1S/C15H22N2O4S/c1-21-11-5-9-16(22(2,19)20)12-15(18)17-10-8-13-6-3-4-7-14(13)17/h3-4,6-7H,5,8-12H2,1-2H3. The van der Waals surface area contributed by atoms with Crippen molar-refractivity contribution in [2.75, 3.05) is 44.5 Å². The number of benzene rings is 1.